The Morgan fingerprint density at radius 2 is 1.96 bits per heavy atom. The molecular weight excluding hydrogens is 320 g/mol. The third kappa shape index (κ3) is 2.92. The highest BCUT2D eigenvalue weighted by Crippen LogP contribution is 2.41. The van der Waals surface area contributed by atoms with E-state index in [9.17, 15) is 5.26 Å². The molecule has 5 rings (SSSR count). The Kier molecular flexibility index (Phi) is 3.73. The summed E-state index contributed by atoms with van der Waals surface area (Å²) in [5.41, 5.74) is 0.481. The third-order valence-electron chi connectivity index (χ3n) is 5.85. The van der Waals surface area contributed by atoms with Crippen molar-refractivity contribution in [3.8, 4) is 6.07 Å². The van der Waals surface area contributed by atoms with Crippen molar-refractivity contribution in [3.05, 3.63) is 11.6 Å². The quantitative estimate of drug-likeness (QED) is 0.819. The molecule has 4 fully saturated rings. The monoisotopic (exact) mass is 344 g/mol. The van der Waals surface area contributed by atoms with E-state index in [-0.39, 0.29) is 5.60 Å². The predicted molar refractivity (Wildman–Crippen MR) is 89.5 cm³/mol. The van der Waals surface area contributed by atoms with E-state index in [1.54, 1.807) is 0 Å². The zero-order valence-corrected chi connectivity index (χ0v) is 14.4. The largest absolute Gasteiger partial charge is 0.423 e. The van der Waals surface area contributed by atoms with Crippen molar-refractivity contribution in [1.82, 2.24) is 9.88 Å². The molecule has 0 radical (unpaired) electrons. The lowest BCUT2D eigenvalue weighted by molar-refractivity contribution is -0.201. The zero-order valence-electron chi connectivity index (χ0n) is 14.4. The molecule has 1 atom stereocenters. The second-order valence-corrected chi connectivity index (χ2v) is 7.83. The maximum Gasteiger partial charge on any atom is 0.234 e. The Balaban J connectivity index is 1.17. The first-order valence-electron chi connectivity index (χ1n) is 9.38. The van der Waals surface area contributed by atoms with Crippen molar-refractivity contribution >= 4 is 5.88 Å². The second-order valence-electron chi connectivity index (χ2n) is 7.83. The van der Waals surface area contributed by atoms with Gasteiger partial charge in [-0.25, -0.2) is 4.98 Å². The van der Waals surface area contributed by atoms with Gasteiger partial charge < -0.3 is 18.8 Å². The predicted octanol–water partition coefficient (Wildman–Crippen LogP) is 1.49. The first-order valence-corrected chi connectivity index (χ1v) is 9.38. The van der Waals surface area contributed by atoms with Crippen LogP contribution in [0.25, 0.3) is 0 Å². The highest BCUT2D eigenvalue weighted by atomic mass is 16.6. The number of oxazole rings is 1. The summed E-state index contributed by atoms with van der Waals surface area (Å²) in [7, 11) is 0. The minimum absolute atomic E-state index is 0.0350. The van der Waals surface area contributed by atoms with Crippen LogP contribution in [0.1, 0.15) is 43.2 Å². The van der Waals surface area contributed by atoms with E-state index in [1.807, 2.05) is 0 Å². The molecule has 7 nitrogen and oxygen atoms in total. The molecule has 1 aromatic rings. The number of hydrogen-bond donors (Lipinski definition) is 0. The van der Waals surface area contributed by atoms with E-state index in [2.05, 4.69) is 20.9 Å². The molecule has 4 heterocycles. The van der Waals surface area contributed by atoms with E-state index >= 15 is 0 Å². The molecule has 7 heteroatoms. The SMILES string of the molecule is N#Cc1nc(C2CC2)oc1N1CCN(CC2CCC3(COC3)O2)CC1. The fourth-order valence-electron chi connectivity index (χ4n) is 4.11. The molecule has 1 saturated carbocycles. The van der Waals surface area contributed by atoms with Gasteiger partial charge in [-0.2, -0.15) is 5.26 Å². The third-order valence-corrected chi connectivity index (χ3v) is 5.85. The summed E-state index contributed by atoms with van der Waals surface area (Å²) < 4.78 is 17.5. The van der Waals surface area contributed by atoms with Gasteiger partial charge in [0.1, 0.15) is 11.7 Å². The Morgan fingerprint density at radius 3 is 2.56 bits per heavy atom. The standard InChI is InChI=1S/C18H24N4O3/c19-9-15-17(24-16(20-15)13-1-2-13)22-7-5-21(6-8-22)10-14-3-4-18(25-14)11-23-12-18/h13-14H,1-8,10-12H2. The summed E-state index contributed by atoms with van der Waals surface area (Å²) >= 11 is 0. The molecular formula is C18H24N4O3. The van der Waals surface area contributed by atoms with Crippen molar-refractivity contribution in [2.75, 3.05) is 50.8 Å². The molecule has 134 valence electrons. The van der Waals surface area contributed by atoms with Crippen LogP contribution in [0.4, 0.5) is 5.88 Å². The number of piperazine rings is 1. The molecule has 25 heavy (non-hydrogen) atoms. The number of nitrogens with zero attached hydrogens (tertiary/aromatic N) is 4. The van der Waals surface area contributed by atoms with E-state index in [1.165, 1.54) is 0 Å². The molecule has 1 spiro atoms. The summed E-state index contributed by atoms with van der Waals surface area (Å²) in [5.74, 6) is 1.86. The number of anilines is 1. The number of aromatic nitrogens is 1. The molecule has 3 aliphatic heterocycles. The van der Waals surface area contributed by atoms with Gasteiger partial charge in [0.05, 0.1) is 19.3 Å². The molecule has 1 aromatic heterocycles. The average molecular weight is 344 g/mol. The van der Waals surface area contributed by atoms with E-state index in [4.69, 9.17) is 13.9 Å². The van der Waals surface area contributed by atoms with Crippen LogP contribution >= 0.6 is 0 Å². The van der Waals surface area contributed by atoms with Crippen LogP contribution in [-0.2, 0) is 9.47 Å². The molecule has 1 unspecified atom stereocenters. The molecule has 0 N–H and O–H groups in total. The van der Waals surface area contributed by atoms with Crippen molar-refractivity contribution in [2.45, 2.75) is 43.3 Å². The maximum absolute atomic E-state index is 9.35. The topological polar surface area (TPSA) is 74.8 Å². The van der Waals surface area contributed by atoms with Gasteiger partial charge in [0.2, 0.25) is 17.5 Å². The number of nitriles is 1. The van der Waals surface area contributed by atoms with Gasteiger partial charge >= 0.3 is 0 Å². The van der Waals surface area contributed by atoms with Crippen molar-refractivity contribution in [2.24, 2.45) is 0 Å². The van der Waals surface area contributed by atoms with Crippen LogP contribution in [0.15, 0.2) is 4.42 Å². The maximum atomic E-state index is 9.35. The van der Waals surface area contributed by atoms with Crippen LogP contribution in [-0.4, -0.2) is 67.5 Å². The van der Waals surface area contributed by atoms with Gasteiger partial charge in [-0.1, -0.05) is 0 Å². The summed E-state index contributed by atoms with van der Waals surface area (Å²) in [6.45, 7) is 6.20. The number of rotatable bonds is 4. The molecule has 3 saturated heterocycles. The second kappa shape index (κ2) is 5.97. The normalized spacial score (nSPS) is 28.9. The minimum Gasteiger partial charge on any atom is -0.423 e. The molecule has 1 aliphatic carbocycles. The molecule has 0 bridgehead atoms. The van der Waals surface area contributed by atoms with E-state index in [0.717, 1.165) is 77.5 Å². The van der Waals surface area contributed by atoms with Crippen LogP contribution < -0.4 is 4.90 Å². The van der Waals surface area contributed by atoms with Gasteiger partial charge in [-0.05, 0) is 25.7 Å². The Hall–Kier alpha value is -1.62. The van der Waals surface area contributed by atoms with Gasteiger partial charge in [0.15, 0.2) is 0 Å². The van der Waals surface area contributed by atoms with Crippen molar-refractivity contribution < 1.29 is 13.9 Å². The lowest BCUT2D eigenvalue weighted by Crippen LogP contribution is -2.51. The Labute approximate surface area is 147 Å². The van der Waals surface area contributed by atoms with Crippen LogP contribution in [0, 0.1) is 11.3 Å². The Bertz CT molecular complexity index is 681. The molecule has 4 aliphatic rings. The summed E-state index contributed by atoms with van der Waals surface area (Å²) in [6.07, 6.45) is 4.86. The summed E-state index contributed by atoms with van der Waals surface area (Å²) in [4.78, 5) is 9.02. The van der Waals surface area contributed by atoms with Gasteiger partial charge in [0, 0.05) is 38.6 Å². The highest BCUT2D eigenvalue weighted by molar-refractivity contribution is 5.48. The van der Waals surface area contributed by atoms with Crippen LogP contribution in [0.3, 0.4) is 0 Å². The summed E-state index contributed by atoms with van der Waals surface area (Å²) in [5, 5.41) is 9.35. The fourth-order valence-corrected chi connectivity index (χ4v) is 4.11. The smallest absolute Gasteiger partial charge is 0.234 e. The molecule has 0 amide bonds. The minimum atomic E-state index is 0.0350. The molecule has 0 aromatic carbocycles. The lowest BCUT2D eigenvalue weighted by atomic mass is 9.98. The van der Waals surface area contributed by atoms with Crippen molar-refractivity contribution in [3.63, 3.8) is 0 Å². The highest BCUT2D eigenvalue weighted by Gasteiger charge is 2.46. The lowest BCUT2D eigenvalue weighted by Gasteiger charge is -2.39. The average Bonchev–Trinajstić information content (AvgIpc) is 3.21. The zero-order chi connectivity index (χ0) is 16.9. The van der Waals surface area contributed by atoms with Crippen LogP contribution in [0.5, 0.6) is 0 Å². The number of hydrogen-bond acceptors (Lipinski definition) is 7. The van der Waals surface area contributed by atoms with Gasteiger partial charge in [0.25, 0.3) is 0 Å². The first-order chi connectivity index (χ1) is 12.2. The number of ether oxygens (including phenoxy) is 2. The fraction of sp³-hybridized carbons (Fsp3) is 0.778. The van der Waals surface area contributed by atoms with E-state index < -0.39 is 0 Å². The van der Waals surface area contributed by atoms with Crippen LogP contribution in [0.2, 0.25) is 0 Å². The van der Waals surface area contributed by atoms with Gasteiger partial charge in [-0.3, -0.25) is 4.90 Å². The first kappa shape index (κ1) is 15.6. The van der Waals surface area contributed by atoms with Gasteiger partial charge in [-0.15, -0.1) is 0 Å². The summed E-state index contributed by atoms with van der Waals surface area (Å²) in [6, 6.07) is 2.20. The van der Waals surface area contributed by atoms with E-state index in [0.29, 0.717) is 23.6 Å². The van der Waals surface area contributed by atoms with Crippen molar-refractivity contribution in [1.29, 1.82) is 5.26 Å². The Morgan fingerprint density at radius 1 is 1.16 bits per heavy atom.